The Morgan fingerprint density at radius 3 is 3.00 bits per heavy atom. The molecule has 1 aliphatic carbocycles. The molecule has 0 bridgehead atoms. The van der Waals surface area contributed by atoms with Crippen LogP contribution in [-0.2, 0) is 16.0 Å². The summed E-state index contributed by atoms with van der Waals surface area (Å²) in [5.41, 5.74) is 1.98. The molecular formula is C18H21N3O3. The standard InChI is InChI=1S/C18H21N3O3/c22-18(19-17-10-15(20-21-17)12-5-6-12)9-13-3-1-2-4-16(13)24-14-7-8-23-11-14/h1-4,10,12,14H,5-9,11H2,(H2,19,20,21,22). The summed E-state index contributed by atoms with van der Waals surface area (Å²) >= 11 is 0. The van der Waals surface area contributed by atoms with E-state index in [2.05, 4.69) is 15.5 Å². The second-order valence-corrected chi connectivity index (χ2v) is 6.42. The van der Waals surface area contributed by atoms with Crippen LogP contribution in [0.3, 0.4) is 0 Å². The van der Waals surface area contributed by atoms with E-state index in [0.717, 1.165) is 30.0 Å². The highest BCUT2D eigenvalue weighted by Crippen LogP contribution is 2.39. The number of aromatic nitrogens is 2. The van der Waals surface area contributed by atoms with Gasteiger partial charge in [0.25, 0.3) is 0 Å². The van der Waals surface area contributed by atoms with Gasteiger partial charge in [0.05, 0.1) is 19.6 Å². The van der Waals surface area contributed by atoms with Crippen LogP contribution < -0.4 is 10.1 Å². The number of nitrogens with one attached hydrogen (secondary N) is 2. The quantitative estimate of drug-likeness (QED) is 0.855. The summed E-state index contributed by atoms with van der Waals surface area (Å²) < 4.78 is 11.3. The number of H-pyrrole nitrogens is 1. The minimum absolute atomic E-state index is 0.0710. The maximum Gasteiger partial charge on any atom is 0.230 e. The Morgan fingerprint density at radius 1 is 1.33 bits per heavy atom. The SMILES string of the molecule is O=C(Cc1ccccc1OC1CCOC1)Nc1cc(C2CC2)[nH]n1. The number of hydrogen-bond donors (Lipinski definition) is 2. The number of para-hydroxylation sites is 1. The molecule has 2 fully saturated rings. The Kier molecular flexibility index (Phi) is 4.21. The van der Waals surface area contributed by atoms with Crippen molar-refractivity contribution in [1.82, 2.24) is 10.2 Å². The molecule has 2 heterocycles. The van der Waals surface area contributed by atoms with Crippen molar-refractivity contribution < 1.29 is 14.3 Å². The van der Waals surface area contributed by atoms with Crippen molar-refractivity contribution in [2.75, 3.05) is 18.5 Å². The molecule has 1 amide bonds. The van der Waals surface area contributed by atoms with Crippen molar-refractivity contribution in [3.8, 4) is 5.75 Å². The lowest BCUT2D eigenvalue weighted by Gasteiger charge is -2.15. The Balaban J connectivity index is 1.39. The molecule has 1 unspecified atom stereocenters. The minimum atomic E-state index is -0.0948. The van der Waals surface area contributed by atoms with E-state index >= 15 is 0 Å². The lowest BCUT2D eigenvalue weighted by atomic mass is 10.1. The summed E-state index contributed by atoms with van der Waals surface area (Å²) in [7, 11) is 0. The lowest BCUT2D eigenvalue weighted by molar-refractivity contribution is -0.115. The summed E-state index contributed by atoms with van der Waals surface area (Å²) in [5, 5.41) is 10.0. The second-order valence-electron chi connectivity index (χ2n) is 6.42. The van der Waals surface area contributed by atoms with Crippen LogP contribution in [0.15, 0.2) is 30.3 Å². The topological polar surface area (TPSA) is 76.2 Å². The molecule has 1 saturated carbocycles. The molecule has 0 spiro atoms. The van der Waals surface area contributed by atoms with E-state index in [0.29, 0.717) is 18.3 Å². The first-order valence-corrected chi connectivity index (χ1v) is 8.45. The van der Waals surface area contributed by atoms with E-state index < -0.39 is 0 Å². The van der Waals surface area contributed by atoms with Gasteiger partial charge in [0.1, 0.15) is 11.9 Å². The molecule has 126 valence electrons. The van der Waals surface area contributed by atoms with Crippen molar-refractivity contribution in [2.45, 2.75) is 37.7 Å². The maximum absolute atomic E-state index is 12.3. The highest BCUT2D eigenvalue weighted by atomic mass is 16.5. The Morgan fingerprint density at radius 2 is 2.21 bits per heavy atom. The fourth-order valence-electron chi connectivity index (χ4n) is 2.91. The van der Waals surface area contributed by atoms with Gasteiger partial charge in [0.15, 0.2) is 5.82 Å². The number of carbonyl (C=O) groups excluding carboxylic acids is 1. The van der Waals surface area contributed by atoms with Gasteiger partial charge in [0.2, 0.25) is 5.91 Å². The van der Waals surface area contributed by atoms with Crippen LogP contribution in [0.1, 0.15) is 36.4 Å². The average molecular weight is 327 g/mol. The predicted octanol–water partition coefficient (Wildman–Crippen LogP) is 2.64. The first-order valence-electron chi connectivity index (χ1n) is 8.45. The highest BCUT2D eigenvalue weighted by molar-refractivity contribution is 5.91. The molecule has 1 atom stereocenters. The molecule has 1 aromatic carbocycles. The van der Waals surface area contributed by atoms with Crippen molar-refractivity contribution >= 4 is 11.7 Å². The van der Waals surface area contributed by atoms with Crippen LogP contribution in [-0.4, -0.2) is 35.4 Å². The van der Waals surface area contributed by atoms with Gasteiger partial charge in [-0.2, -0.15) is 5.10 Å². The van der Waals surface area contributed by atoms with Crippen LogP contribution in [0.5, 0.6) is 5.75 Å². The average Bonchev–Trinajstić information content (AvgIpc) is 3.10. The van der Waals surface area contributed by atoms with Crippen molar-refractivity contribution in [3.63, 3.8) is 0 Å². The molecule has 2 aliphatic rings. The monoisotopic (exact) mass is 327 g/mol. The number of aromatic amines is 1. The number of benzene rings is 1. The van der Waals surface area contributed by atoms with Gasteiger partial charge in [-0.1, -0.05) is 18.2 Å². The normalized spacial score (nSPS) is 20.1. The van der Waals surface area contributed by atoms with Gasteiger partial charge in [-0.25, -0.2) is 0 Å². The van der Waals surface area contributed by atoms with Crippen LogP contribution in [0.4, 0.5) is 5.82 Å². The summed E-state index contributed by atoms with van der Waals surface area (Å²) in [6, 6.07) is 9.59. The fraction of sp³-hybridized carbons (Fsp3) is 0.444. The highest BCUT2D eigenvalue weighted by Gasteiger charge is 2.25. The van der Waals surface area contributed by atoms with Gasteiger partial charge >= 0.3 is 0 Å². The molecule has 6 nitrogen and oxygen atoms in total. The summed E-state index contributed by atoms with van der Waals surface area (Å²) in [4.78, 5) is 12.3. The van der Waals surface area contributed by atoms with Crippen LogP contribution >= 0.6 is 0 Å². The number of carbonyl (C=O) groups is 1. The fourth-order valence-corrected chi connectivity index (χ4v) is 2.91. The number of ether oxygens (including phenoxy) is 2. The minimum Gasteiger partial charge on any atom is -0.488 e. The van der Waals surface area contributed by atoms with Gasteiger partial charge in [-0.15, -0.1) is 0 Å². The predicted molar refractivity (Wildman–Crippen MR) is 89.2 cm³/mol. The van der Waals surface area contributed by atoms with E-state index in [-0.39, 0.29) is 18.4 Å². The molecule has 4 rings (SSSR count). The second kappa shape index (κ2) is 6.65. The molecule has 2 N–H and O–H groups in total. The summed E-state index contributed by atoms with van der Waals surface area (Å²) in [5.74, 6) is 1.84. The number of rotatable bonds is 6. The molecular weight excluding hydrogens is 306 g/mol. The number of amides is 1. The molecule has 6 heteroatoms. The van der Waals surface area contributed by atoms with E-state index in [9.17, 15) is 4.79 Å². The van der Waals surface area contributed by atoms with Crippen molar-refractivity contribution in [1.29, 1.82) is 0 Å². The van der Waals surface area contributed by atoms with E-state index in [1.165, 1.54) is 12.8 Å². The zero-order chi connectivity index (χ0) is 16.4. The van der Waals surface area contributed by atoms with Crippen LogP contribution in [0.25, 0.3) is 0 Å². The molecule has 0 radical (unpaired) electrons. The zero-order valence-corrected chi connectivity index (χ0v) is 13.5. The van der Waals surface area contributed by atoms with Gasteiger partial charge < -0.3 is 14.8 Å². The lowest BCUT2D eigenvalue weighted by Crippen LogP contribution is -2.19. The third-order valence-electron chi connectivity index (χ3n) is 4.39. The summed E-state index contributed by atoms with van der Waals surface area (Å²) in [6.07, 6.45) is 3.62. The zero-order valence-electron chi connectivity index (χ0n) is 13.5. The van der Waals surface area contributed by atoms with Crippen LogP contribution in [0.2, 0.25) is 0 Å². The smallest absolute Gasteiger partial charge is 0.230 e. The number of hydrogen-bond acceptors (Lipinski definition) is 4. The third-order valence-corrected chi connectivity index (χ3v) is 4.39. The Labute approximate surface area is 140 Å². The number of nitrogens with zero attached hydrogens (tertiary/aromatic N) is 1. The largest absolute Gasteiger partial charge is 0.488 e. The molecule has 1 aromatic heterocycles. The van der Waals surface area contributed by atoms with Gasteiger partial charge in [0, 0.05) is 29.7 Å². The number of anilines is 1. The Hall–Kier alpha value is -2.34. The third kappa shape index (κ3) is 3.59. The summed E-state index contributed by atoms with van der Waals surface area (Å²) in [6.45, 7) is 1.34. The molecule has 1 aliphatic heterocycles. The molecule has 24 heavy (non-hydrogen) atoms. The van der Waals surface area contributed by atoms with Crippen molar-refractivity contribution in [3.05, 3.63) is 41.6 Å². The first-order chi connectivity index (χ1) is 11.8. The maximum atomic E-state index is 12.3. The van der Waals surface area contributed by atoms with Crippen molar-refractivity contribution in [2.24, 2.45) is 0 Å². The van der Waals surface area contributed by atoms with Gasteiger partial charge in [-0.3, -0.25) is 9.89 Å². The van der Waals surface area contributed by atoms with Crippen LogP contribution in [0, 0.1) is 0 Å². The molecule has 1 saturated heterocycles. The van der Waals surface area contributed by atoms with Gasteiger partial charge in [-0.05, 0) is 18.9 Å². The van der Waals surface area contributed by atoms with E-state index in [1.54, 1.807) is 0 Å². The first kappa shape index (κ1) is 15.2. The van der Waals surface area contributed by atoms with E-state index in [1.807, 2.05) is 30.3 Å². The Bertz CT molecular complexity index is 718. The molecule has 2 aromatic rings. The van der Waals surface area contributed by atoms with E-state index in [4.69, 9.17) is 9.47 Å².